The third-order valence-corrected chi connectivity index (χ3v) is 7.96. The van der Waals surface area contributed by atoms with E-state index in [0.29, 0.717) is 25.5 Å². The van der Waals surface area contributed by atoms with Crippen molar-refractivity contribution in [3.05, 3.63) is 58.3 Å². The first kappa shape index (κ1) is 41.5. The number of nitrogens with one attached hydrogen (secondary N) is 2. The number of anilines is 4. The van der Waals surface area contributed by atoms with Gasteiger partial charge in [-0.1, -0.05) is 0 Å². The predicted octanol–water partition coefficient (Wildman–Crippen LogP) is 5.55. The molecule has 0 bridgehead atoms. The van der Waals surface area contributed by atoms with E-state index < -0.39 is 69.9 Å². The Morgan fingerprint density at radius 1 is 0.722 bits per heavy atom. The monoisotopic (exact) mass is 783 g/mol. The van der Waals surface area contributed by atoms with Crippen molar-refractivity contribution in [2.24, 2.45) is 0 Å². The maximum Gasteiger partial charge on any atom is 0.421 e. The molecular weight excluding hydrogens is 749 g/mol. The molecule has 3 heterocycles. The van der Waals surface area contributed by atoms with Crippen LogP contribution < -0.4 is 25.8 Å². The number of alkyl halides is 9. The van der Waals surface area contributed by atoms with E-state index in [9.17, 15) is 49.1 Å². The quantitative estimate of drug-likeness (QED) is 0.204. The number of hydrogen-bond donors (Lipinski definition) is 3. The van der Waals surface area contributed by atoms with Crippen LogP contribution >= 0.6 is 0 Å². The van der Waals surface area contributed by atoms with Crippen LogP contribution in [0, 0.1) is 0 Å². The molecule has 2 aliphatic rings. The van der Waals surface area contributed by atoms with E-state index >= 15 is 0 Å². The van der Waals surface area contributed by atoms with Crippen LogP contribution in [0.1, 0.15) is 37.4 Å². The summed E-state index contributed by atoms with van der Waals surface area (Å²) in [6, 6.07) is 3.32. The third kappa shape index (κ3) is 9.83. The molecule has 0 radical (unpaired) electrons. The Labute approximate surface area is 301 Å². The number of halogens is 9. The van der Waals surface area contributed by atoms with Gasteiger partial charge < -0.3 is 45.1 Å². The predicted molar refractivity (Wildman–Crippen MR) is 174 cm³/mol. The summed E-state index contributed by atoms with van der Waals surface area (Å²) in [6.45, 7) is 1.77. The van der Waals surface area contributed by atoms with Crippen molar-refractivity contribution in [1.29, 1.82) is 0 Å². The van der Waals surface area contributed by atoms with Crippen LogP contribution in [0.5, 0.6) is 11.5 Å². The number of methoxy groups -OCH3 is 2. The average Bonchev–Trinajstić information content (AvgIpc) is 3.13. The smallest absolute Gasteiger partial charge is 0.421 e. The minimum atomic E-state index is -4.91. The average molecular weight is 784 g/mol. The first-order valence-corrected chi connectivity index (χ1v) is 15.8. The van der Waals surface area contributed by atoms with Gasteiger partial charge in [-0.3, -0.25) is 9.59 Å². The zero-order valence-electron chi connectivity index (χ0n) is 28.8. The van der Waals surface area contributed by atoms with E-state index in [1.54, 1.807) is 0 Å². The molecule has 296 valence electrons. The van der Waals surface area contributed by atoms with Crippen LogP contribution in [-0.2, 0) is 28.0 Å². The summed E-state index contributed by atoms with van der Waals surface area (Å²) in [4.78, 5) is 34.9. The molecule has 2 aliphatic heterocycles. The van der Waals surface area contributed by atoms with E-state index in [1.807, 2.05) is 0 Å². The largest absolute Gasteiger partial charge is 0.495 e. The van der Waals surface area contributed by atoms with Gasteiger partial charge in [-0.25, -0.2) is 4.98 Å². The fourth-order valence-corrected chi connectivity index (χ4v) is 5.28. The highest BCUT2D eigenvalue weighted by Gasteiger charge is 2.40. The number of aromatic nitrogens is 2. The number of hydrogen-bond acceptors (Lipinski definition) is 11. The second-order valence-corrected chi connectivity index (χ2v) is 11.4. The topological polar surface area (TPSA) is 153 Å². The summed E-state index contributed by atoms with van der Waals surface area (Å²) >= 11 is 0. The summed E-state index contributed by atoms with van der Waals surface area (Å²) in [5.74, 6) is -2.66. The van der Waals surface area contributed by atoms with Gasteiger partial charge in [0, 0.05) is 39.4 Å². The van der Waals surface area contributed by atoms with Gasteiger partial charge in [0.2, 0.25) is 5.95 Å². The summed E-state index contributed by atoms with van der Waals surface area (Å²) < 4.78 is 140. The van der Waals surface area contributed by atoms with Crippen molar-refractivity contribution in [2.75, 3.05) is 90.2 Å². The Kier molecular flexibility index (Phi) is 12.9. The maximum absolute atomic E-state index is 13.8. The number of nitrogens with zero attached hydrogens (tertiary/aromatic N) is 4. The number of ether oxygens (including phenoxy) is 4. The molecule has 2 fully saturated rings. The Morgan fingerprint density at radius 2 is 1.17 bits per heavy atom. The zero-order valence-corrected chi connectivity index (χ0v) is 28.8. The standard InChI is InChI=1S/C19H19F6N5O3.C13H15F3N2O3/c1-26-15-12(19(23,24)25)9-27-17(29-15)28-13-8-11(18(20,21)22)10(7-14(13)32-2)16(31)30-3-5-33-6-4-30;1-20-11-6-8(9(7-10(11)17)13(14,15)16)12(19)18-2-4-21-5-3-18/h7-9H,3-6H2,1-2H3,(H2,26,27,28,29);6-7H,2-5,17H2,1H3. The van der Waals surface area contributed by atoms with Gasteiger partial charge in [-0.2, -0.15) is 44.5 Å². The van der Waals surface area contributed by atoms with Crippen molar-refractivity contribution < 1.29 is 68.1 Å². The fraction of sp³-hybridized carbons (Fsp3) is 0.438. The molecular formula is C32H34F9N7O6. The summed E-state index contributed by atoms with van der Waals surface area (Å²) in [5.41, 5.74) is 0.511. The molecule has 13 nitrogen and oxygen atoms in total. The number of benzene rings is 2. The summed E-state index contributed by atoms with van der Waals surface area (Å²) in [6.07, 6.45) is -13.8. The van der Waals surface area contributed by atoms with Gasteiger partial charge in [-0.05, 0) is 24.3 Å². The molecule has 4 N–H and O–H groups in total. The number of nitrogens with two attached hydrogens (primary N) is 1. The molecule has 54 heavy (non-hydrogen) atoms. The Hall–Kier alpha value is -5.25. The Balaban J connectivity index is 0.000000266. The Bertz CT molecular complexity index is 1810. The van der Waals surface area contributed by atoms with Crippen molar-refractivity contribution >= 4 is 35.0 Å². The highest BCUT2D eigenvalue weighted by atomic mass is 19.4. The highest BCUT2D eigenvalue weighted by molar-refractivity contribution is 5.98. The maximum atomic E-state index is 13.8. The SMILES string of the molecule is CNc1nc(Nc2cc(C(F)(F)F)c(C(=O)N3CCOCC3)cc2OC)ncc1C(F)(F)F.COc1cc(C(=O)N2CCOCC2)c(C(F)(F)F)cc1N. The first-order valence-electron chi connectivity index (χ1n) is 15.8. The van der Waals surface area contributed by atoms with E-state index in [0.717, 1.165) is 18.2 Å². The number of carbonyl (C=O) groups is 2. The molecule has 5 rings (SSSR count). The van der Waals surface area contributed by atoms with Crippen LogP contribution in [0.15, 0.2) is 30.5 Å². The number of nitrogen functional groups attached to an aromatic ring is 1. The van der Waals surface area contributed by atoms with Gasteiger partial charge >= 0.3 is 18.5 Å². The normalized spacial score (nSPS) is 15.2. The lowest BCUT2D eigenvalue weighted by Crippen LogP contribution is -2.41. The lowest BCUT2D eigenvalue weighted by atomic mass is 10.0. The molecule has 22 heteroatoms. The van der Waals surface area contributed by atoms with Crippen LogP contribution in [0.3, 0.4) is 0 Å². The van der Waals surface area contributed by atoms with E-state index in [2.05, 4.69) is 20.6 Å². The van der Waals surface area contributed by atoms with Gasteiger partial charge in [0.15, 0.2) is 0 Å². The van der Waals surface area contributed by atoms with E-state index in [1.165, 1.54) is 31.1 Å². The highest BCUT2D eigenvalue weighted by Crippen LogP contribution is 2.41. The molecule has 0 atom stereocenters. The van der Waals surface area contributed by atoms with Gasteiger partial charge in [0.25, 0.3) is 11.8 Å². The molecule has 1 aromatic heterocycles. The van der Waals surface area contributed by atoms with Crippen molar-refractivity contribution in [1.82, 2.24) is 19.8 Å². The molecule has 2 saturated heterocycles. The van der Waals surface area contributed by atoms with Crippen molar-refractivity contribution in [2.45, 2.75) is 18.5 Å². The van der Waals surface area contributed by atoms with Crippen LogP contribution in [0.4, 0.5) is 62.7 Å². The van der Waals surface area contributed by atoms with E-state index in [-0.39, 0.29) is 62.3 Å². The number of morpholine rings is 2. The van der Waals surface area contributed by atoms with Crippen molar-refractivity contribution in [3.63, 3.8) is 0 Å². The van der Waals surface area contributed by atoms with Gasteiger partial charge in [-0.15, -0.1) is 0 Å². The second kappa shape index (κ2) is 16.8. The summed E-state index contributed by atoms with van der Waals surface area (Å²) in [5, 5.41) is 4.71. The molecule has 2 aromatic carbocycles. The molecule has 3 aromatic rings. The van der Waals surface area contributed by atoms with Gasteiger partial charge in [0.05, 0.1) is 74.3 Å². The number of rotatable bonds is 7. The summed E-state index contributed by atoms with van der Waals surface area (Å²) in [7, 11) is 3.65. The Morgan fingerprint density at radius 3 is 1.59 bits per heavy atom. The van der Waals surface area contributed by atoms with Crippen LogP contribution in [0.25, 0.3) is 0 Å². The lowest BCUT2D eigenvalue weighted by Gasteiger charge is -2.28. The molecule has 0 aliphatic carbocycles. The lowest BCUT2D eigenvalue weighted by molar-refractivity contribution is -0.138. The van der Waals surface area contributed by atoms with Crippen molar-refractivity contribution in [3.8, 4) is 11.5 Å². The second-order valence-electron chi connectivity index (χ2n) is 11.4. The van der Waals surface area contributed by atoms with Crippen LogP contribution in [-0.4, -0.2) is 105 Å². The minimum Gasteiger partial charge on any atom is -0.495 e. The molecule has 0 saturated carbocycles. The molecule has 2 amide bonds. The van der Waals surface area contributed by atoms with Gasteiger partial charge in [0.1, 0.15) is 22.9 Å². The van der Waals surface area contributed by atoms with E-state index in [4.69, 9.17) is 24.7 Å². The zero-order chi connectivity index (χ0) is 40.0. The van der Waals surface area contributed by atoms with Crippen LogP contribution in [0.2, 0.25) is 0 Å². The molecule has 0 spiro atoms. The first-order chi connectivity index (χ1) is 25.3. The number of amides is 2. The minimum absolute atomic E-state index is 0.0413. The third-order valence-electron chi connectivity index (χ3n) is 7.96. The fourth-order valence-electron chi connectivity index (χ4n) is 5.28. The number of carbonyl (C=O) groups excluding carboxylic acids is 2. The molecule has 0 unspecified atom stereocenters.